The highest BCUT2D eigenvalue weighted by Crippen LogP contribution is 2.13. The molecule has 0 saturated carbocycles. The second-order valence-electron chi connectivity index (χ2n) is 3.01. The molecular weight excluding hydrogens is 150 g/mol. The largest absolute Gasteiger partial charge is 0.293 e. The molecule has 0 aromatic heterocycles. The predicted molar refractivity (Wildman–Crippen MR) is 49.7 cm³/mol. The summed E-state index contributed by atoms with van der Waals surface area (Å²) >= 11 is 0. The lowest BCUT2D eigenvalue weighted by molar-refractivity contribution is 0.778. The number of hydrogen-bond donors (Lipinski definition) is 2. The summed E-state index contributed by atoms with van der Waals surface area (Å²) < 4.78 is 0. The fraction of sp³-hybridized carbons (Fsp3) is 0.333. The van der Waals surface area contributed by atoms with Crippen molar-refractivity contribution in [3.8, 4) is 0 Å². The molecule has 3 heteroatoms. The minimum atomic E-state index is 0.855. The van der Waals surface area contributed by atoms with Crippen molar-refractivity contribution in [3.63, 3.8) is 0 Å². The first-order valence-corrected chi connectivity index (χ1v) is 4.15. The summed E-state index contributed by atoms with van der Waals surface area (Å²) in [5.74, 6) is 0. The van der Waals surface area contributed by atoms with E-state index < -0.39 is 0 Å². The predicted octanol–water partition coefficient (Wildman–Crippen LogP) is 0.824. The number of nitrogens with zero attached hydrogens (tertiary/aromatic N) is 1. The number of aryl methyl sites for hydroxylation is 1. The molecule has 64 valence electrons. The summed E-state index contributed by atoms with van der Waals surface area (Å²) in [5, 5.41) is 5.30. The van der Waals surface area contributed by atoms with Gasteiger partial charge in [-0.15, -0.1) is 0 Å². The molecule has 1 aromatic rings. The van der Waals surface area contributed by atoms with Crippen molar-refractivity contribution in [1.29, 1.82) is 0 Å². The maximum absolute atomic E-state index is 3.21. The molecule has 12 heavy (non-hydrogen) atoms. The molecule has 1 fully saturated rings. The number of hydrazine groups is 1. The molecule has 1 saturated heterocycles. The molecule has 1 aliphatic rings. The van der Waals surface area contributed by atoms with Crippen molar-refractivity contribution in [2.75, 3.05) is 18.3 Å². The van der Waals surface area contributed by atoms with Crippen LogP contribution in [0.5, 0.6) is 0 Å². The number of rotatable bonds is 1. The average Bonchev–Trinajstić information content (AvgIpc) is 2.58. The molecule has 3 nitrogen and oxygen atoms in total. The monoisotopic (exact) mass is 163 g/mol. The highest BCUT2D eigenvalue weighted by molar-refractivity contribution is 5.46. The van der Waals surface area contributed by atoms with E-state index in [1.807, 2.05) is 0 Å². The van der Waals surface area contributed by atoms with Crippen LogP contribution in [-0.4, -0.2) is 13.3 Å². The van der Waals surface area contributed by atoms with Crippen LogP contribution in [0.2, 0.25) is 0 Å². The van der Waals surface area contributed by atoms with Gasteiger partial charge in [-0.2, -0.15) is 0 Å². The second-order valence-corrected chi connectivity index (χ2v) is 3.01. The van der Waals surface area contributed by atoms with Crippen LogP contribution in [0, 0.1) is 6.92 Å². The van der Waals surface area contributed by atoms with Crippen LogP contribution in [-0.2, 0) is 0 Å². The van der Waals surface area contributed by atoms with Crippen molar-refractivity contribution in [3.05, 3.63) is 29.8 Å². The van der Waals surface area contributed by atoms with Crippen LogP contribution in [0.25, 0.3) is 0 Å². The van der Waals surface area contributed by atoms with E-state index >= 15 is 0 Å². The molecule has 2 rings (SSSR count). The Hall–Kier alpha value is -1.06. The van der Waals surface area contributed by atoms with Crippen LogP contribution in [0.4, 0.5) is 5.69 Å². The molecule has 0 atom stereocenters. The van der Waals surface area contributed by atoms with E-state index in [0.29, 0.717) is 0 Å². The highest BCUT2D eigenvalue weighted by Gasteiger charge is 2.09. The van der Waals surface area contributed by atoms with Gasteiger partial charge in [0.15, 0.2) is 0 Å². The lowest BCUT2D eigenvalue weighted by Gasteiger charge is -2.16. The van der Waals surface area contributed by atoms with Crippen molar-refractivity contribution < 1.29 is 0 Å². The van der Waals surface area contributed by atoms with E-state index in [-0.39, 0.29) is 0 Å². The van der Waals surface area contributed by atoms with Gasteiger partial charge in [0.25, 0.3) is 0 Å². The molecular formula is C9H13N3. The zero-order chi connectivity index (χ0) is 8.39. The lowest BCUT2D eigenvalue weighted by Crippen LogP contribution is -2.30. The SMILES string of the molecule is Cc1ccc(N2CNCN2)cc1. The smallest absolute Gasteiger partial charge is 0.0849 e. The maximum Gasteiger partial charge on any atom is 0.0849 e. The first-order chi connectivity index (χ1) is 5.86. The topological polar surface area (TPSA) is 27.3 Å². The Bertz CT molecular complexity index is 249. The van der Waals surface area contributed by atoms with Crippen molar-refractivity contribution in [2.24, 2.45) is 0 Å². The van der Waals surface area contributed by atoms with Crippen LogP contribution < -0.4 is 15.8 Å². The third-order valence-electron chi connectivity index (χ3n) is 2.01. The lowest BCUT2D eigenvalue weighted by atomic mass is 10.2. The molecule has 0 aliphatic carbocycles. The quantitative estimate of drug-likeness (QED) is 0.642. The molecule has 0 unspecified atom stereocenters. The van der Waals surface area contributed by atoms with Gasteiger partial charge in [-0.1, -0.05) is 17.7 Å². The van der Waals surface area contributed by atoms with Crippen LogP contribution in [0.3, 0.4) is 0 Å². The first kappa shape index (κ1) is 7.58. The summed E-state index contributed by atoms with van der Waals surface area (Å²) in [6.45, 7) is 3.83. The molecule has 1 heterocycles. The fourth-order valence-corrected chi connectivity index (χ4v) is 1.28. The van der Waals surface area contributed by atoms with E-state index in [9.17, 15) is 0 Å². The van der Waals surface area contributed by atoms with Gasteiger partial charge in [-0.3, -0.25) is 10.3 Å². The Morgan fingerprint density at radius 3 is 2.58 bits per heavy atom. The Morgan fingerprint density at radius 2 is 2.00 bits per heavy atom. The van der Waals surface area contributed by atoms with Gasteiger partial charge in [0, 0.05) is 0 Å². The van der Waals surface area contributed by atoms with Gasteiger partial charge in [-0.25, -0.2) is 5.43 Å². The normalized spacial score (nSPS) is 16.9. The second kappa shape index (κ2) is 3.13. The third kappa shape index (κ3) is 1.42. The summed E-state index contributed by atoms with van der Waals surface area (Å²) in [6, 6.07) is 8.48. The molecule has 0 bridgehead atoms. The Kier molecular flexibility index (Phi) is 1.98. The summed E-state index contributed by atoms with van der Waals surface area (Å²) in [6.07, 6.45) is 0. The fourth-order valence-electron chi connectivity index (χ4n) is 1.28. The van der Waals surface area contributed by atoms with Gasteiger partial charge in [-0.05, 0) is 19.1 Å². The van der Waals surface area contributed by atoms with Gasteiger partial charge in [0.2, 0.25) is 0 Å². The van der Waals surface area contributed by atoms with Crippen molar-refractivity contribution in [1.82, 2.24) is 10.7 Å². The molecule has 0 amide bonds. The van der Waals surface area contributed by atoms with Crippen LogP contribution in [0.1, 0.15) is 5.56 Å². The first-order valence-electron chi connectivity index (χ1n) is 4.15. The van der Waals surface area contributed by atoms with E-state index in [4.69, 9.17) is 0 Å². The standard InChI is InChI=1S/C9H13N3/c1-8-2-4-9(5-3-8)12-7-10-6-11-12/h2-5,10-11H,6-7H2,1H3. The molecule has 1 aliphatic heterocycles. The molecule has 0 spiro atoms. The molecule has 2 N–H and O–H groups in total. The van der Waals surface area contributed by atoms with Gasteiger partial charge >= 0.3 is 0 Å². The maximum atomic E-state index is 3.21. The minimum Gasteiger partial charge on any atom is -0.293 e. The number of hydrogen-bond acceptors (Lipinski definition) is 3. The number of anilines is 1. The minimum absolute atomic E-state index is 0.855. The van der Waals surface area contributed by atoms with Crippen molar-refractivity contribution in [2.45, 2.75) is 6.92 Å². The Morgan fingerprint density at radius 1 is 1.25 bits per heavy atom. The summed E-state index contributed by atoms with van der Waals surface area (Å²) in [5.41, 5.74) is 5.73. The number of benzene rings is 1. The van der Waals surface area contributed by atoms with Crippen LogP contribution >= 0.6 is 0 Å². The number of nitrogens with one attached hydrogen (secondary N) is 2. The molecule has 1 aromatic carbocycles. The Balaban J connectivity index is 2.17. The third-order valence-corrected chi connectivity index (χ3v) is 2.01. The van der Waals surface area contributed by atoms with E-state index in [1.54, 1.807) is 0 Å². The van der Waals surface area contributed by atoms with Gasteiger partial charge in [0.1, 0.15) is 0 Å². The van der Waals surface area contributed by atoms with Crippen molar-refractivity contribution >= 4 is 5.69 Å². The average molecular weight is 163 g/mol. The van der Waals surface area contributed by atoms with Crippen LogP contribution in [0.15, 0.2) is 24.3 Å². The highest BCUT2D eigenvalue weighted by atomic mass is 15.6. The van der Waals surface area contributed by atoms with Gasteiger partial charge < -0.3 is 0 Å². The van der Waals surface area contributed by atoms with Gasteiger partial charge in [0.05, 0.1) is 19.0 Å². The summed E-state index contributed by atoms with van der Waals surface area (Å²) in [7, 11) is 0. The Labute approximate surface area is 72.4 Å². The molecule has 0 radical (unpaired) electrons. The van der Waals surface area contributed by atoms with E-state index in [1.165, 1.54) is 11.3 Å². The zero-order valence-corrected chi connectivity index (χ0v) is 7.17. The summed E-state index contributed by atoms with van der Waals surface area (Å²) in [4.78, 5) is 0. The van der Waals surface area contributed by atoms with E-state index in [0.717, 1.165) is 13.3 Å². The zero-order valence-electron chi connectivity index (χ0n) is 7.17. The van der Waals surface area contributed by atoms with E-state index in [2.05, 4.69) is 46.9 Å².